The summed E-state index contributed by atoms with van der Waals surface area (Å²) < 4.78 is 1.63. The van der Waals surface area contributed by atoms with Crippen LogP contribution in [0.5, 0.6) is 0 Å². The summed E-state index contributed by atoms with van der Waals surface area (Å²) >= 11 is 0. The molecule has 0 saturated carbocycles. The van der Waals surface area contributed by atoms with Crippen LogP contribution in [0, 0.1) is 6.92 Å². The van der Waals surface area contributed by atoms with Gasteiger partial charge < -0.3 is 5.11 Å². The van der Waals surface area contributed by atoms with Crippen LogP contribution >= 0.6 is 0 Å². The Balaban J connectivity index is 2.17. The number of nitrogens with zero attached hydrogens (tertiary/aromatic N) is 5. The molecule has 0 aliphatic carbocycles. The Morgan fingerprint density at radius 2 is 2.00 bits per heavy atom. The zero-order valence-electron chi connectivity index (χ0n) is 12.8. The fourth-order valence-electron chi connectivity index (χ4n) is 2.39. The molecule has 3 rings (SSSR count). The Morgan fingerprint density at radius 1 is 1.26 bits per heavy atom. The maximum Gasteiger partial charge on any atom is 0.356 e. The summed E-state index contributed by atoms with van der Waals surface area (Å²) in [5, 5.41) is 9.04. The quantitative estimate of drug-likeness (QED) is 0.794. The van der Waals surface area contributed by atoms with Crippen molar-refractivity contribution in [2.45, 2.75) is 20.3 Å². The van der Waals surface area contributed by atoms with Gasteiger partial charge in [-0.25, -0.2) is 19.7 Å². The van der Waals surface area contributed by atoms with E-state index in [-0.39, 0.29) is 5.69 Å². The molecule has 0 spiro atoms. The molecular weight excluding hydrogens is 294 g/mol. The van der Waals surface area contributed by atoms with Crippen LogP contribution in [0.2, 0.25) is 0 Å². The number of imidazole rings is 1. The Labute approximate surface area is 132 Å². The van der Waals surface area contributed by atoms with Gasteiger partial charge >= 0.3 is 5.97 Å². The first kappa shape index (κ1) is 14.8. The zero-order valence-corrected chi connectivity index (χ0v) is 12.8. The predicted octanol–water partition coefficient (Wildman–Crippen LogP) is 2.29. The summed E-state index contributed by atoms with van der Waals surface area (Å²) in [4.78, 5) is 28.1. The van der Waals surface area contributed by atoms with Gasteiger partial charge in [0.2, 0.25) is 0 Å². The maximum atomic E-state index is 11.0. The van der Waals surface area contributed by atoms with Crippen molar-refractivity contribution in [2.24, 2.45) is 0 Å². The van der Waals surface area contributed by atoms with E-state index in [1.807, 2.05) is 26.0 Å². The molecule has 3 aromatic heterocycles. The van der Waals surface area contributed by atoms with Crippen LogP contribution in [0.1, 0.15) is 28.7 Å². The topological polar surface area (TPSA) is 93.8 Å². The molecule has 23 heavy (non-hydrogen) atoms. The van der Waals surface area contributed by atoms with Gasteiger partial charge in [0.05, 0.1) is 0 Å². The second-order valence-corrected chi connectivity index (χ2v) is 5.00. The molecule has 3 aromatic rings. The van der Waals surface area contributed by atoms with Crippen LogP contribution < -0.4 is 0 Å². The summed E-state index contributed by atoms with van der Waals surface area (Å²) in [6, 6.07) is 3.67. The van der Waals surface area contributed by atoms with Crippen molar-refractivity contribution < 1.29 is 9.90 Å². The predicted molar refractivity (Wildman–Crippen MR) is 83.5 cm³/mol. The molecule has 0 atom stereocenters. The third-order valence-corrected chi connectivity index (χ3v) is 3.53. The number of carboxylic acids is 1. The van der Waals surface area contributed by atoms with Crippen LogP contribution in [0.4, 0.5) is 0 Å². The number of carbonyl (C=O) groups is 1. The van der Waals surface area contributed by atoms with E-state index in [9.17, 15) is 4.79 Å². The molecule has 0 unspecified atom stereocenters. The fraction of sp³-hybridized carbons (Fsp3) is 0.188. The van der Waals surface area contributed by atoms with Gasteiger partial charge in [-0.2, -0.15) is 0 Å². The number of carboxylic acid groups (broad SMARTS) is 1. The first-order valence-electron chi connectivity index (χ1n) is 7.15. The van der Waals surface area contributed by atoms with Crippen LogP contribution in [0.15, 0.2) is 37.1 Å². The number of pyridine rings is 1. The minimum atomic E-state index is -1.07. The van der Waals surface area contributed by atoms with Gasteiger partial charge in [-0.1, -0.05) is 6.92 Å². The van der Waals surface area contributed by atoms with Gasteiger partial charge in [0, 0.05) is 35.4 Å². The summed E-state index contributed by atoms with van der Waals surface area (Å²) in [5.41, 5.74) is 2.64. The van der Waals surface area contributed by atoms with E-state index in [0.717, 1.165) is 23.2 Å². The number of aryl methyl sites for hydroxylation is 1. The molecule has 0 saturated heterocycles. The van der Waals surface area contributed by atoms with Crippen molar-refractivity contribution >= 4 is 5.97 Å². The Morgan fingerprint density at radius 3 is 2.61 bits per heavy atom. The number of aromatic nitrogens is 5. The number of aromatic carboxylic acids is 1. The molecule has 0 aliphatic heterocycles. The SMILES string of the molecule is CCc1c(C)nc(-c2ccncc2)nc1-n1cnc(C(=O)O)c1. The molecule has 3 heterocycles. The summed E-state index contributed by atoms with van der Waals surface area (Å²) in [7, 11) is 0. The largest absolute Gasteiger partial charge is 0.476 e. The van der Waals surface area contributed by atoms with Gasteiger partial charge in [-0.15, -0.1) is 0 Å². The highest BCUT2D eigenvalue weighted by atomic mass is 16.4. The lowest BCUT2D eigenvalue weighted by Gasteiger charge is -2.12. The van der Waals surface area contributed by atoms with E-state index in [1.165, 1.54) is 12.5 Å². The third kappa shape index (κ3) is 2.80. The summed E-state index contributed by atoms with van der Waals surface area (Å²) in [5.74, 6) is 0.149. The lowest BCUT2D eigenvalue weighted by Crippen LogP contribution is -2.07. The standard InChI is InChI=1S/C16H15N5O2/c1-3-12-10(2)19-14(11-4-6-17-7-5-11)20-15(12)21-8-13(16(22)23)18-9-21/h4-9H,3H2,1-2H3,(H,22,23). The van der Waals surface area contributed by atoms with Crippen molar-refractivity contribution in [1.29, 1.82) is 0 Å². The lowest BCUT2D eigenvalue weighted by atomic mass is 10.1. The van der Waals surface area contributed by atoms with Crippen LogP contribution in [0.3, 0.4) is 0 Å². The van der Waals surface area contributed by atoms with Gasteiger partial charge in [0.25, 0.3) is 0 Å². The van der Waals surface area contributed by atoms with Gasteiger partial charge in [0.1, 0.15) is 12.1 Å². The maximum absolute atomic E-state index is 11.0. The minimum Gasteiger partial charge on any atom is -0.476 e. The Hall–Kier alpha value is -3.09. The average molecular weight is 309 g/mol. The number of hydrogen-bond acceptors (Lipinski definition) is 5. The summed E-state index contributed by atoms with van der Waals surface area (Å²) in [6.07, 6.45) is 7.01. The highest BCUT2D eigenvalue weighted by Crippen LogP contribution is 2.22. The van der Waals surface area contributed by atoms with E-state index >= 15 is 0 Å². The number of rotatable bonds is 4. The van der Waals surface area contributed by atoms with Crippen LogP contribution in [-0.4, -0.2) is 35.6 Å². The zero-order chi connectivity index (χ0) is 16.4. The van der Waals surface area contributed by atoms with Crippen molar-refractivity contribution in [3.63, 3.8) is 0 Å². The fourth-order valence-corrected chi connectivity index (χ4v) is 2.39. The van der Waals surface area contributed by atoms with Gasteiger partial charge in [-0.05, 0) is 25.5 Å². The van der Waals surface area contributed by atoms with E-state index in [1.54, 1.807) is 17.0 Å². The molecule has 1 N–H and O–H groups in total. The van der Waals surface area contributed by atoms with Crippen molar-refractivity contribution in [2.75, 3.05) is 0 Å². The Kier molecular flexibility index (Phi) is 3.84. The normalized spacial score (nSPS) is 10.7. The lowest BCUT2D eigenvalue weighted by molar-refractivity contribution is 0.0691. The van der Waals surface area contributed by atoms with Crippen LogP contribution in [0.25, 0.3) is 17.2 Å². The van der Waals surface area contributed by atoms with Crippen molar-refractivity contribution in [3.8, 4) is 17.2 Å². The van der Waals surface area contributed by atoms with Gasteiger partial charge in [-0.3, -0.25) is 9.55 Å². The summed E-state index contributed by atoms with van der Waals surface area (Å²) in [6.45, 7) is 3.93. The van der Waals surface area contributed by atoms with Crippen LogP contribution in [-0.2, 0) is 6.42 Å². The molecule has 7 heteroatoms. The van der Waals surface area contributed by atoms with E-state index in [0.29, 0.717) is 11.6 Å². The first-order valence-corrected chi connectivity index (χ1v) is 7.15. The van der Waals surface area contributed by atoms with Crippen molar-refractivity contribution in [3.05, 3.63) is 54.0 Å². The van der Waals surface area contributed by atoms with E-state index in [4.69, 9.17) is 5.11 Å². The van der Waals surface area contributed by atoms with E-state index < -0.39 is 5.97 Å². The average Bonchev–Trinajstić information content (AvgIpc) is 3.05. The highest BCUT2D eigenvalue weighted by Gasteiger charge is 2.15. The van der Waals surface area contributed by atoms with E-state index in [2.05, 4.69) is 19.9 Å². The molecule has 7 nitrogen and oxygen atoms in total. The third-order valence-electron chi connectivity index (χ3n) is 3.53. The monoisotopic (exact) mass is 309 g/mol. The second kappa shape index (κ2) is 5.96. The molecule has 0 aromatic carbocycles. The molecule has 0 aliphatic rings. The second-order valence-electron chi connectivity index (χ2n) is 5.00. The smallest absolute Gasteiger partial charge is 0.356 e. The molecular formula is C16H15N5O2. The molecule has 116 valence electrons. The Bertz CT molecular complexity index is 858. The highest BCUT2D eigenvalue weighted by molar-refractivity contribution is 5.85. The molecule has 0 fully saturated rings. The minimum absolute atomic E-state index is 0.0196. The molecule has 0 amide bonds. The van der Waals surface area contributed by atoms with Gasteiger partial charge in [0.15, 0.2) is 11.5 Å². The first-order chi connectivity index (χ1) is 11.1. The molecule has 0 radical (unpaired) electrons. The number of hydrogen-bond donors (Lipinski definition) is 1. The van der Waals surface area contributed by atoms with Crippen molar-refractivity contribution in [1.82, 2.24) is 24.5 Å². The molecule has 0 bridgehead atoms.